The molecule has 1 aromatic carbocycles. The van der Waals surface area contributed by atoms with Crippen molar-refractivity contribution in [2.75, 3.05) is 38.1 Å². The zero-order valence-electron chi connectivity index (χ0n) is 14.6. The second kappa shape index (κ2) is 7.55. The van der Waals surface area contributed by atoms with Crippen LogP contribution < -0.4 is 10.1 Å². The fraction of sp³-hybridized carbons (Fsp3) is 0.444. The number of ketones is 1. The van der Waals surface area contributed by atoms with Crippen molar-refractivity contribution in [3.63, 3.8) is 0 Å². The summed E-state index contributed by atoms with van der Waals surface area (Å²) in [5, 5.41) is 2.66. The smallest absolute Gasteiger partial charge is 0.262 e. The van der Waals surface area contributed by atoms with Gasteiger partial charge in [-0.05, 0) is 18.2 Å². The van der Waals surface area contributed by atoms with Crippen molar-refractivity contribution in [2.45, 2.75) is 19.8 Å². The highest BCUT2D eigenvalue weighted by Crippen LogP contribution is 2.29. The van der Waals surface area contributed by atoms with Crippen LogP contribution in [0.2, 0.25) is 0 Å². The van der Waals surface area contributed by atoms with Crippen molar-refractivity contribution in [1.29, 1.82) is 0 Å². The topological polar surface area (TPSA) is 96.0 Å². The Balaban J connectivity index is 1.53. The molecule has 3 amide bonds. The number of carbonyl (C=O) groups is 4. The minimum atomic E-state index is -0.262. The number of fused-ring (bicyclic) bond motifs is 1. The highest BCUT2D eigenvalue weighted by atomic mass is 16.5. The molecule has 26 heavy (non-hydrogen) atoms. The van der Waals surface area contributed by atoms with E-state index in [2.05, 4.69) is 5.32 Å². The number of carbonyl (C=O) groups excluding carboxylic acids is 4. The second-order valence-electron chi connectivity index (χ2n) is 6.36. The van der Waals surface area contributed by atoms with Crippen LogP contribution in [0.1, 0.15) is 30.1 Å². The van der Waals surface area contributed by atoms with Crippen molar-refractivity contribution in [3.8, 4) is 5.75 Å². The van der Waals surface area contributed by atoms with Crippen LogP contribution in [-0.2, 0) is 14.4 Å². The Labute approximate surface area is 151 Å². The molecule has 8 nitrogen and oxygen atoms in total. The Morgan fingerprint density at radius 1 is 1.08 bits per heavy atom. The number of rotatable bonds is 4. The number of piperazine rings is 1. The maximum absolute atomic E-state index is 12.4. The van der Waals surface area contributed by atoms with Gasteiger partial charge in [0, 0.05) is 51.5 Å². The first-order valence-electron chi connectivity index (χ1n) is 8.57. The van der Waals surface area contributed by atoms with Gasteiger partial charge in [0.1, 0.15) is 5.75 Å². The summed E-state index contributed by atoms with van der Waals surface area (Å²) in [6, 6.07) is 4.85. The molecule has 2 heterocycles. The lowest BCUT2D eigenvalue weighted by Crippen LogP contribution is -2.50. The van der Waals surface area contributed by atoms with Crippen molar-refractivity contribution in [1.82, 2.24) is 9.80 Å². The van der Waals surface area contributed by atoms with Gasteiger partial charge in [0.15, 0.2) is 12.4 Å². The van der Waals surface area contributed by atoms with Crippen molar-refractivity contribution in [3.05, 3.63) is 23.8 Å². The third-order valence-corrected chi connectivity index (χ3v) is 4.58. The molecule has 1 fully saturated rings. The monoisotopic (exact) mass is 359 g/mol. The van der Waals surface area contributed by atoms with Gasteiger partial charge < -0.3 is 19.9 Å². The highest BCUT2D eigenvalue weighted by Gasteiger charge is 2.23. The van der Waals surface area contributed by atoms with E-state index in [1.165, 1.54) is 6.92 Å². The van der Waals surface area contributed by atoms with Gasteiger partial charge in [0.2, 0.25) is 11.8 Å². The average molecular weight is 359 g/mol. The van der Waals surface area contributed by atoms with Gasteiger partial charge in [-0.25, -0.2) is 0 Å². The number of hydrogen-bond acceptors (Lipinski definition) is 5. The Kier molecular flexibility index (Phi) is 5.20. The van der Waals surface area contributed by atoms with Crippen molar-refractivity contribution < 1.29 is 23.9 Å². The number of Topliss-reactive ketones (excluding diaryl/α,β-unsaturated/α-hetero) is 1. The van der Waals surface area contributed by atoms with Gasteiger partial charge >= 0.3 is 0 Å². The predicted molar refractivity (Wildman–Crippen MR) is 93.0 cm³/mol. The maximum Gasteiger partial charge on any atom is 0.262 e. The van der Waals surface area contributed by atoms with Gasteiger partial charge in [0.25, 0.3) is 5.91 Å². The van der Waals surface area contributed by atoms with Crippen LogP contribution in [0.3, 0.4) is 0 Å². The molecule has 3 rings (SSSR count). The van der Waals surface area contributed by atoms with Crippen LogP contribution >= 0.6 is 0 Å². The summed E-state index contributed by atoms with van der Waals surface area (Å²) in [5.74, 6) is 0.0257. The molecular formula is C18H21N3O5. The number of nitrogens with zero attached hydrogens (tertiary/aromatic N) is 2. The SMILES string of the molecule is CC(=O)N1CCN(C(=O)CCC(=O)c2ccc3c(c2)NC(=O)CO3)CC1. The molecular weight excluding hydrogens is 338 g/mol. The average Bonchev–Trinajstić information content (AvgIpc) is 2.65. The van der Waals surface area contributed by atoms with E-state index in [1.54, 1.807) is 28.0 Å². The van der Waals surface area contributed by atoms with Gasteiger partial charge in [-0.1, -0.05) is 0 Å². The lowest BCUT2D eigenvalue weighted by molar-refractivity contribution is -0.138. The molecule has 138 valence electrons. The van der Waals surface area contributed by atoms with Crippen molar-refractivity contribution in [2.24, 2.45) is 0 Å². The van der Waals surface area contributed by atoms with Crippen LogP contribution in [0, 0.1) is 0 Å². The first kappa shape index (κ1) is 17.9. The number of nitrogens with one attached hydrogen (secondary N) is 1. The molecule has 1 aromatic rings. The van der Waals surface area contributed by atoms with Gasteiger partial charge in [-0.15, -0.1) is 0 Å². The molecule has 1 saturated heterocycles. The van der Waals surface area contributed by atoms with E-state index in [9.17, 15) is 19.2 Å². The zero-order valence-corrected chi connectivity index (χ0v) is 14.6. The summed E-state index contributed by atoms with van der Waals surface area (Å²) in [4.78, 5) is 50.7. The number of ether oxygens (including phenoxy) is 1. The van der Waals surface area contributed by atoms with E-state index in [-0.39, 0.29) is 43.0 Å². The zero-order chi connectivity index (χ0) is 18.7. The quantitative estimate of drug-likeness (QED) is 0.797. The first-order valence-corrected chi connectivity index (χ1v) is 8.57. The molecule has 0 aromatic heterocycles. The van der Waals surface area contributed by atoms with Gasteiger partial charge in [-0.2, -0.15) is 0 Å². The minimum absolute atomic E-state index is 0.00996. The van der Waals surface area contributed by atoms with Crippen molar-refractivity contribution >= 4 is 29.2 Å². The van der Waals surface area contributed by atoms with E-state index in [1.807, 2.05) is 0 Å². The molecule has 0 unspecified atom stereocenters. The Bertz CT molecular complexity index is 753. The van der Waals surface area contributed by atoms with Crippen LogP contribution in [0.25, 0.3) is 0 Å². The molecule has 0 aliphatic carbocycles. The standard InChI is InChI=1S/C18H21N3O5/c1-12(22)20-6-8-21(9-7-20)18(25)5-3-15(23)13-2-4-16-14(10-13)19-17(24)11-26-16/h2,4,10H,3,5-9,11H2,1H3,(H,19,24). The van der Waals surface area contributed by atoms with Crippen LogP contribution in [0.5, 0.6) is 5.75 Å². The van der Waals surface area contributed by atoms with E-state index >= 15 is 0 Å². The normalized spacial score (nSPS) is 16.4. The Hall–Kier alpha value is -2.90. The van der Waals surface area contributed by atoms with E-state index < -0.39 is 0 Å². The molecule has 0 atom stereocenters. The van der Waals surface area contributed by atoms with Crippen LogP contribution in [0.4, 0.5) is 5.69 Å². The fourth-order valence-corrected chi connectivity index (χ4v) is 3.05. The minimum Gasteiger partial charge on any atom is -0.482 e. The number of hydrogen-bond donors (Lipinski definition) is 1. The van der Waals surface area contributed by atoms with Gasteiger partial charge in [0.05, 0.1) is 5.69 Å². The number of anilines is 1. The summed E-state index contributed by atoms with van der Waals surface area (Å²) < 4.78 is 5.26. The molecule has 0 spiro atoms. The van der Waals surface area contributed by atoms with Crippen LogP contribution in [0.15, 0.2) is 18.2 Å². The third kappa shape index (κ3) is 4.01. The van der Waals surface area contributed by atoms with E-state index in [4.69, 9.17) is 4.74 Å². The summed E-state index contributed by atoms with van der Waals surface area (Å²) >= 11 is 0. The van der Waals surface area contributed by atoms with Gasteiger partial charge in [-0.3, -0.25) is 19.2 Å². The lowest BCUT2D eigenvalue weighted by Gasteiger charge is -2.34. The summed E-state index contributed by atoms with van der Waals surface area (Å²) in [5.41, 5.74) is 0.905. The summed E-state index contributed by atoms with van der Waals surface area (Å²) in [7, 11) is 0. The summed E-state index contributed by atoms with van der Waals surface area (Å²) in [6.07, 6.45) is 0.220. The molecule has 0 radical (unpaired) electrons. The largest absolute Gasteiger partial charge is 0.482 e. The molecule has 8 heteroatoms. The molecule has 1 N–H and O–H groups in total. The van der Waals surface area contributed by atoms with E-state index in [0.717, 1.165) is 0 Å². The third-order valence-electron chi connectivity index (χ3n) is 4.58. The number of amides is 3. The second-order valence-corrected chi connectivity index (χ2v) is 6.36. The molecule has 0 bridgehead atoms. The molecule has 2 aliphatic rings. The number of benzene rings is 1. The maximum atomic E-state index is 12.4. The Morgan fingerprint density at radius 3 is 2.46 bits per heavy atom. The Morgan fingerprint density at radius 2 is 1.77 bits per heavy atom. The van der Waals surface area contributed by atoms with E-state index in [0.29, 0.717) is 43.2 Å². The summed E-state index contributed by atoms with van der Waals surface area (Å²) in [6.45, 7) is 3.52. The highest BCUT2D eigenvalue weighted by molar-refractivity contribution is 6.01. The van der Waals surface area contributed by atoms with Crippen LogP contribution in [-0.4, -0.2) is 66.1 Å². The molecule has 0 saturated carbocycles. The first-order chi connectivity index (χ1) is 12.4. The molecule has 2 aliphatic heterocycles. The lowest BCUT2D eigenvalue weighted by atomic mass is 10.0. The fourth-order valence-electron chi connectivity index (χ4n) is 3.05. The predicted octanol–water partition coefficient (Wildman–Crippen LogP) is 0.671.